The standard InChI is InChI=1S/C23H27N3O3/c1-2-29-23(28)19-10-6-7-11-20(19)26-22(27)18-12-13-21(25-16-18)24-15-14-17-8-4-3-5-9-17/h6-8,10-13,16H,2-5,9,14-15H2,1H3,(H,24,25)(H,26,27). The maximum absolute atomic E-state index is 12.5. The number of pyridine rings is 1. The Bertz CT molecular complexity index is 875. The molecule has 0 unspecified atom stereocenters. The molecule has 0 atom stereocenters. The first-order valence-corrected chi connectivity index (χ1v) is 10.1. The van der Waals surface area contributed by atoms with Crippen LogP contribution in [0.2, 0.25) is 0 Å². The summed E-state index contributed by atoms with van der Waals surface area (Å²) in [5, 5.41) is 6.07. The van der Waals surface area contributed by atoms with Crippen LogP contribution in [0.15, 0.2) is 54.2 Å². The number of esters is 1. The summed E-state index contributed by atoms with van der Waals surface area (Å²) < 4.78 is 5.04. The number of amides is 1. The molecule has 0 saturated heterocycles. The average molecular weight is 393 g/mol. The van der Waals surface area contributed by atoms with Crippen molar-refractivity contribution in [1.82, 2.24) is 4.98 Å². The molecule has 1 aliphatic carbocycles. The van der Waals surface area contributed by atoms with Gasteiger partial charge in [-0.15, -0.1) is 0 Å². The maximum Gasteiger partial charge on any atom is 0.340 e. The van der Waals surface area contributed by atoms with E-state index in [9.17, 15) is 9.59 Å². The summed E-state index contributed by atoms with van der Waals surface area (Å²) in [6, 6.07) is 10.3. The number of aromatic nitrogens is 1. The van der Waals surface area contributed by atoms with Gasteiger partial charge in [-0.3, -0.25) is 4.79 Å². The molecule has 0 fully saturated rings. The lowest BCUT2D eigenvalue weighted by atomic mass is 9.97. The van der Waals surface area contributed by atoms with Crippen molar-refractivity contribution in [3.05, 3.63) is 65.4 Å². The Morgan fingerprint density at radius 2 is 2.00 bits per heavy atom. The SMILES string of the molecule is CCOC(=O)c1ccccc1NC(=O)c1ccc(NCCC2=CCCCC2)nc1. The van der Waals surface area contributed by atoms with E-state index in [2.05, 4.69) is 21.7 Å². The number of hydrogen-bond donors (Lipinski definition) is 2. The van der Waals surface area contributed by atoms with Gasteiger partial charge in [-0.1, -0.05) is 23.8 Å². The molecule has 0 radical (unpaired) electrons. The molecule has 2 aromatic rings. The zero-order chi connectivity index (χ0) is 20.5. The molecule has 0 spiro atoms. The number of anilines is 2. The Balaban J connectivity index is 1.56. The van der Waals surface area contributed by atoms with Crippen molar-refractivity contribution in [2.75, 3.05) is 23.8 Å². The van der Waals surface area contributed by atoms with Crippen molar-refractivity contribution in [3.63, 3.8) is 0 Å². The molecule has 0 bridgehead atoms. The number of rotatable bonds is 8. The smallest absolute Gasteiger partial charge is 0.340 e. The molecule has 29 heavy (non-hydrogen) atoms. The molecule has 1 aliphatic rings. The fourth-order valence-corrected chi connectivity index (χ4v) is 3.29. The van der Waals surface area contributed by atoms with Crippen LogP contribution in [0.3, 0.4) is 0 Å². The third-order valence-electron chi connectivity index (χ3n) is 4.83. The molecule has 2 N–H and O–H groups in total. The molecule has 1 aromatic heterocycles. The van der Waals surface area contributed by atoms with E-state index >= 15 is 0 Å². The second-order valence-electron chi connectivity index (χ2n) is 6.94. The quantitative estimate of drug-likeness (QED) is 0.497. The minimum absolute atomic E-state index is 0.275. The highest BCUT2D eigenvalue weighted by Crippen LogP contribution is 2.20. The zero-order valence-corrected chi connectivity index (χ0v) is 16.7. The number of carbonyl (C=O) groups excluding carboxylic acids is 2. The maximum atomic E-state index is 12.5. The van der Waals surface area contributed by atoms with Crippen LogP contribution in [-0.2, 0) is 4.74 Å². The Kier molecular flexibility index (Phi) is 7.39. The Morgan fingerprint density at radius 3 is 2.72 bits per heavy atom. The van der Waals surface area contributed by atoms with Gasteiger partial charge in [0.25, 0.3) is 5.91 Å². The fraction of sp³-hybridized carbons (Fsp3) is 0.348. The zero-order valence-electron chi connectivity index (χ0n) is 16.7. The Morgan fingerprint density at radius 1 is 1.14 bits per heavy atom. The van der Waals surface area contributed by atoms with Crippen LogP contribution in [0.25, 0.3) is 0 Å². The average Bonchev–Trinajstić information content (AvgIpc) is 2.75. The van der Waals surface area contributed by atoms with E-state index < -0.39 is 5.97 Å². The van der Waals surface area contributed by atoms with Crippen molar-refractivity contribution >= 4 is 23.4 Å². The van der Waals surface area contributed by atoms with Crippen molar-refractivity contribution in [2.45, 2.75) is 39.0 Å². The highest BCUT2D eigenvalue weighted by atomic mass is 16.5. The summed E-state index contributed by atoms with van der Waals surface area (Å²) in [5.41, 5.74) is 2.68. The number of benzene rings is 1. The normalized spacial score (nSPS) is 13.3. The first-order valence-electron chi connectivity index (χ1n) is 10.1. The monoisotopic (exact) mass is 393 g/mol. The van der Waals surface area contributed by atoms with Gasteiger partial charge in [-0.25, -0.2) is 9.78 Å². The van der Waals surface area contributed by atoms with E-state index in [0.717, 1.165) is 18.8 Å². The highest BCUT2D eigenvalue weighted by Gasteiger charge is 2.15. The lowest BCUT2D eigenvalue weighted by Gasteiger charge is -2.13. The van der Waals surface area contributed by atoms with Gasteiger partial charge in [0.15, 0.2) is 0 Å². The molecule has 152 valence electrons. The molecular weight excluding hydrogens is 366 g/mol. The van der Waals surface area contributed by atoms with Crippen LogP contribution in [0.1, 0.15) is 59.7 Å². The van der Waals surface area contributed by atoms with Gasteiger partial charge in [0, 0.05) is 12.7 Å². The molecule has 6 heteroatoms. The Labute approximate surface area is 171 Å². The molecule has 1 amide bonds. The van der Waals surface area contributed by atoms with Crippen molar-refractivity contribution in [2.24, 2.45) is 0 Å². The minimum atomic E-state index is -0.464. The second kappa shape index (κ2) is 10.4. The first kappa shape index (κ1) is 20.6. The summed E-state index contributed by atoms with van der Waals surface area (Å²) in [5.74, 6) is -0.0489. The van der Waals surface area contributed by atoms with Gasteiger partial charge in [0.05, 0.1) is 23.4 Å². The van der Waals surface area contributed by atoms with E-state index in [1.54, 1.807) is 43.3 Å². The third-order valence-corrected chi connectivity index (χ3v) is 4.83. The van der Waals surface area contributed by atoms with Gasteiger partial charge in [-0.2, -0.15) is 0 Å². The highest BCUT2D eigenvalue weighted by molar-refractivity contribution is 6.07. The Hall–Kier alpha value is -3.15. The van der Waals surface area contributed by atoms with E-state index in [0.29, 0.717) is 16.8 Å². The summed E-state index contributed by atoms with van der Waals surface area (Å²) in [4.78, 5) is 28.9. The molecule has 1 aromatic carbocycles. The molecule has 0 aliphatic heterocycles. The predicted octanol–water partition coefficient (Wildman–Crippen LogP) is 4.81. The topological polar surface area (TPSA) is 80.3 Å². The molecule has 1 heterocycles. The minimum Gasteiger partial charge on any atom is -0.462 e. The number of nitrogens with one attached hydrogen (secondary N) is 2. The van der Waals surface area contributed by atoms with E-state index in [1.807, 2.05) is 0 Å². The second-order valence-corrected chi connectivity index (χ2v) is 6.94. The number of nitrogens with zero attached hydrogens (tertiary/aromatic N) is 1. The summed E-state index contributed by atoms with van der Waals surface area (Å²) in [6.07, 6.45) is 9.87. The summed E-state index contributed by atoms with van der Waals surface area (Å²) >= 11 is 0. The number of carbonyl (C=O) groups is 2. The van der Waals surface area contributed by atoms with Crippen molar-refractivity contribution in [1.29, 1.82) is 0 Å². The lowest BCUT2D eigenvalue weighted by Crippen LogP contribution is -2.16. The van der Waals surface area contributed by atoms with Crippen molar-refractivity contribution < 1.29 is 14.3 Å². The van der Waals surface area contributed by atoms with Crippen molar-refractivity contribution in [3.8, 4) is 0 Å². The van der Waals surface area contributed by atoms with E-state index in [-0.39, 0.29) is 12.5 Å². The molecule has 0 saturated carbocycles. The van der Waals surface area contributed by atoms with Gasteiger partial charge in [0.2, 0.25) is 0 Å². The van der Waals surface area contributed by atoms with Crippen LogP contribution in [0, 0.1) is 0 Å². The first-order chi connectivity index (χ1) is 14.2. The lowest BCUT2D eigenvalue weighted by molar-refractivity contribution is 0.0527. The van der Waals surface area contributed by atoms with Crippen LogP contribution in [-0.4, -0.2) is 30.0 Å². The van der Waals surface area contributed by atoms with Gasteiger partial charge < -0.3 is 15.4 Å². The molecule has 3 rings (SSSR count). The number of para-hydroxylation sites is 1. The summed E-state index contributed by atoms with van der Waals surface area (Å²) in [7, 11) is 0. The van der Waals surface area contributed by atoms with Gasteiger partial charge in [-0.05, 0) is 63.3 Å². The number of ether oxygens (including phenoxy) is 1. The van der Waals surface area contributed by atoms with Gasteiger partial charge in [0.1, 0.15) is 5.82 Å². The summed E-state index contributed by atoms with van der Waals surface area (Å²) in [6.45, 7) is 2.85. The van der Waals surface area contributed by atoms with Crippen LogP contribution in [0.4, 0.5) is 11.5 Å². The molecule has 6 nitrogen and oxygen atoms in total. The van der Waals surface area contributed by atoms with Crippen LogP contribution in [0.5, 0.6) is 0 Å². The third kappa shape index (κ3) is 5.91. The van der Waals surface area contributed by atoms with Crippen LogP contribution >= 0.6 is 0 Å². The number of hydrogen-bond acceptors (Lipinski definition) is 5. The van der Waals surface area contributed by atoms with E-state index in [1.165, 1.54) is 37.5 Å². The van der Waals surface area contributed by atoms with E-state index in [4.69, 9.17) is 4.74 Å². The predicted molar refractivity (Wildman–Crippen MR) is 114 cm³/mol. The molecular formula is C23H27N3O3. The van der Waals surface area contributed by atoms with Gasteiger partial charge >= 0.3 is 5.97 Å². The fourth-order valence-electron chi connectivity index (χ4n) is 3.29. The number of allylic oxidation sites excluding steroid dienone is 1. The van der Waals surface area contributed by atoms with Crippen LogP contribution < -0.4 is 10.6 Å². The largest absolute Gasteiger partial charge is 0.462 e.